The molecular weight excluding hydrogens is 350 g/mol. The summed E-state index contributed by atoms with van der Waals surface area (Å²) >= 11 is 0. The summed E-state index contributed by atoms with van der Waals surface area (Å²) in [6.07, 6.45) is 1.66. The van der Waals surface area contributed by atoms with Crippen LogP contribution in [0.25, 0.3) is 0 Å². The number of ether oxygens (including phenoxy) is 3. The molecule has 27 heavy (non-hydrogen) atoms. The second-order valence-corrected chi connectivity index (χ2v) is 6.42. The van der Waals surface area contributed by atoms with Gasteiger partial charge in [0, 0.05) is 25.8 Å². The first-order valence-electron chi connectivity index (χ1n) is 8.37. The average Bonchev–Trinajstić information content (AvgIpc) is 2.65. The van der Waals surface area contributed by atoms with E-state index in [1.54, 1.807) is 30.3 Å². The van der Waals surface area contributed by atoms with Crippen molar-refractivity contribution in [1.29, 1.82) is 5.26 Å². The van der Waals surface area contributed by atoms with Crippen molar-refractivity contribution in [2.75, 3.05) is 32.8 Å². The van der Waals surface area contributed by atoms with Gasteiger partial charge in [-0.3, -0.25) is 0 Å². The van der Waals surface area contributed by atoms with Gasteiger partial charge in [0.25, 0.3) is 0 Å². The van der Waals surface area contributed by atoms with Gasteiger partial charge in [-0.2, -0.15) is 9.99 Å². The molecule has 2 heterocycles. The molecule has 2 atom stereocenters. The first-order chi connectivity index (χ1) is 13.0. The number of aliphatic hydroxyl groups excluding tert-OH is 1. The molecular formula is C19H21N3O5. The largest absolute Gasteiger partial charge is 0.619 e. The molecule has 2 aromatic rings. The molecule has 8 heteroatoms. The van der Waals surface area contributed by atoms with Crippen molar-refractivity contribution in [2.24, 2.45) is 0 Å². The molecule has 142 valence electrons. The second-order valence-electron chi connectivity index (χ2n) is 6.42. The third-order valence-electron chi connectivity index (χ3n) is 4.52. The van der Waals surface area contributed by atoms with Gasteiger partial charge in [-0.05, 0) is 24.3 Å². The number of aliphatic hydroxyl groups is 1. The number of methoxy groups -OCH3 is 2. The number of rotatable bonds is 6. The summed E-state index contributed by atoms with van der Waals surface area (Å²) in [6.45, 7) is 0.186. The molecule has 0 saturated carbocycles. The maximum atomic E-state index is 11.6. The third kappa shape index (κ3) is 3.66. The van der Waals surface area contributed by atoms with Crippen LogP contribution in [-0.4, -0.2) is 44.2 Å². The van der Waals surface area contributed by atoms with Crippen molar-refractivity contribution in [2.45, 2.75) is 17.7 Å². The lowest BCUT2D eigenvalue weighted by Gasteiger charge is -2.45. The average molecular weight is 371 g/mol. The minimum Gasteiger partial charge on any atom is -0.619 e. The molecule has 0 spiro atoms. The van der Waals surface area contributed by atoms with Crippen LogP contribution < -0.4 is 14.8 Å². The van der Waals surface area contributed by atoms with Crippen molar-refractivity contribution < 1.29 is 24.0 Å². The van der Waals surface area contributed by atoms with Crippen molar-refractivity contribution >= 4 is 5.69 Å². The van der Waals surface area contributed by atoms with Gasteiger partial charge in [0.05, 0.1) is 30.9 Å². The quantitative estimate of drug-likeness (QED) is 0.578. The van der Waals surface area contributed by atoms with Crippen LogP contribution in [0, 0.1) is 16.5 Å². The van der Waals surface area contributed by atoms with Crippen LogP contribution >= 0.6 is 0 Å². The zero-order chi connectivity index (χ0) is 19.4. The molecule has 0 bridgehead atoms. The molecule has 0 fully saturated rings. The van der Waals surface area contributed by atoms with E-state index in [-0.39, 0.29) is 13.2 Å². The molecule has 1 aliphatic heterocycles. The Balaban J connectivity index is 2.08. The van der Waals surface area contributed by atoms with Gasteiger partial charge >= 0.3 is 0 Å². The predicted octanol–water partition coefficient (Wildman–Crippen LogP) is 1.13. The van der Waals surface area contributed by atoms with E-state index in [0.717, 1.165) is 0 Å². The normalized spacial score (nSPS) is 20.2. The van der Waals surface area contributed by atoms with E-state index >= 15 is 0 Å². The predicted molar refractivity (Wildman–Crippen MR) is 96.0 cm³/mol. The molecule has 1 aromatic carbocycles. The van der Waals surface area contributed by atoms with E-state index in [2.05, 4.69) is 11.4 Å². The van der Waals surface area contributed by atoms with Gasteiger partial charge in [-0.15, -0.1) is 0 Å². The SMILES string of the molecule is COCC1(COC)Oc2ccc(C#N)cc2[C@@H](Nc2ccc[n+]([O-])c2)[C@@H]1O. The molecule has 0 radical (unpaired) electrons. The van der Waals surface area contributed by atoms with E-state index in [9.17, 15) is 15.6 Å². The number of benzene rings is 1. The Labute approximate surface area is 157 Å². The Kier molecular flexibility index (Phi) is 5.46. The van der Waals surface area contributed by atoms with Gasteiger partial charge in [0.1, 0.15) is 17.5 Å². The Morgan fingerprint density at radius 3 is 2.70 bits per heavy atom. The maximum Gasteiger partial charge on any atom is 0.203 e. The molecule has 0 amide bonds. The van der Waals surface area contributed by atoms with E-state index in [0.29, 0.717) is 27.3 Å². The third-order valence-corrected chi connectivity index (χ3v) is 4.52. The second kappa shape index (κ2) is 7.80. The van der Waals surface area contributed by atoms with Crippen LogP contribution in [0.15, 0.2) is 42.7 Å². The number of nitrogens with zero attached hydrogens (tertiary/aromatic N) is 2. The molecule has 0 aliphatic carbocycles. The molecule has 3 rings (SSSR count). The fraction of sp³-hybridized carbons (Fsp3) is 0.368. The number of anilines is 1. The van der Waals surface area contributed by atoms with Crippen molar-refractivity contribution in [3.05, 3.63) is 59.1 Å². The van der Waals surface area contributed by atoms with Gasteiger partial charge in [-0.1, -0.05) is 0 Å². The number of fused-ring (bicyclic) bond motifs is 1. The van der Waals surface area contributed by atoms with E-state index < -0.39 is 17.7 Å². The number of pyridine rings is 1. The van der Waals surface area contributed by atoms with Crippen LogP contribution in [0.4, 0.5) is 5.69 Å². The maximum absolute atomic E-state index is 11.6. The standard InChI is InChI=1S/C19H21N3O5/c1-25-11-19(12-26-2)18(23)17(21-14-4-3-7-22(24)10-14)15-8-13(9-20)5-6-16(15)27-19/h3-8,10,17-18,21,23H,11-12H2,1-2H3/t17-,18+/m1/s1. The van der Waals surface area contributed by atoms with Crippen molar-refractivity contribution in [3.63, 3.8) is 0 Å². The van der Waals surface area contributed by atoms with Gasteiger partial charge in [-0.25, -0.2) is 0 Å². The number of nitrogens with one attached hydrogen (secondary N) is 1. The molecule has 8 nitrogen and oxygen atoms in total. The first-order valence-corrected chi connectivity index (χ1v) is 8.37. The molecule has 0 unspecified atom stereocenters. The summed E-state index contributed by atoms with van der Waals surface area (Å²) in [5.74, 6) is 0.511. The fourth-order valence-corrected chi connectivity index (χ4v) is 3.34. The Morgan fingerprint density at radius 1 is 1.33 bits per heavy atom. The first kappa shape index (κ1) is 18.9. The highest BCUT2D eigenvalue weighted by atomic mass is 16.6. The van der Waals surface area contributed by atoms with Gasteiger partial charge < -0.3 is 29.8 Å². The number of nitriles is 1. The highest BCUT2D eigenvalue weighted by Gasteiger charge is 2.50. The van der Waals surface area contributed by atoms with Gasteiger partial charge in [0.15, 0.2) is 11.8 Å². The zero-order valence-electron chi connectivity index (χ0n) is 15.1. The van der Waals surface area contributed by atoms with Crippen molar-refractivity contribution in [1.82, 2.24) is 0 Å². The van der Waals surface area contributed by atoms with E-state index in [1.165, 1.54) is 26.6 Å². The summed E-state index contributed by atoms with van der Waals surface area (Å²) in [6, 6.07) is 9.76. The molecule has 2 N–H and O–H groups in total. The Hall–Kier alpha value is -2.86. The van der Waals surface area contributed by atoms with Crippen LogP contribution in [0.5, 0.6) is 5.75 Å². The van der Waals surface area contributed by atoms with Crippen molar-refractivity contribution in [3.8, 4) is 11.8 Å². The highest BCUT2D eigenvalue weighted by Crippen LogP contribution is 2.42. The summed E-state index contributed by atoms with van der Waals surface area (Å²) in [5.41, 5.74) is 0.431. The summed E-state index contributed by atoms with van der Waals surface area (Å²) in [5, 5.41) is 35.2. The lowest BCUT2D eigenvalue weighted by atomic mass is 9.84. The van der Waals surface area contributed by atoms with Crippen LogP contribution in [0.3, 0.4) is 0 Å². The zero-order valence-corrected chi connectivity index (χ0v) is 15.1. The smallest absolute Gasteiger partial charge is 0.203 e. The number of aromatic nitrogens is 1. The lowest BCUT2D eigenvalue weighted by molar-refractivity contribution is -0.604. The van der Waals surface area contributed by atoms with Crippen LogP contribution in [-0.2, 0) is 9.47 Å². The lowest BCUT2D eigenvalue weighted by Crippen LogP contribution is -2.60. The van der Waals surface area contributed by atoms with E-state index in [1.807, 2.05) is 0 Å². The van der Waals surface area contributed by atoms with E-state index in [4.69, 9.17) is 14.2 Å². The van der Waals surface area contributed by atoms with Crippen LogP contribution in [0.2, 0.25) is 0 Å². The summed E-state index contributed by atoms with van der Waals surface area (Å²) < 4.78 is 17.3. The Morgan fingerprint density at radius 2 is 2.07 bits per heavy atom. The number of hydrogen-bond donors (Lipinski definition) is 2. The summed E-state index contributed by atoms with van der Waals surface area (Å²) in [4.78, 5) is 0. The minimum atomic E-state index is -1.15. The van der Waals surface area contributed by atoms with Crippen LogP contribution in [0.1, 0.15) is 17.2 Å². The molecule has 1 aromatic heterocycles. The molecule has 0 saturated heterocycles. The summed E-state index contributed by atoms with van der Waals surface area (Å²) in [7, 11) is 3.03. The molecule has 1 aliphatic rings. The monoisotopic (exact) mass is 371 g/mol. The number of hydrogen-bond acceptors (Lipinski definition) is 7. The highest BCUT2D eigenvalue weighted by molar-refractivity contribution is 5.51. The topological polar surface area (TPSA) is 111 Å². The Bertz CT molecular complexity index is 845. The van der Waals surface area contributed by atoms with Gasteiger partial charge in [0.2, 0.25) is 6.20 Å². The minimum absolute atomic E-state index is 0.0932. The fourth-order valence-electron chi connectivity index (χ4n) is 3.34.